The van der Waals surface area contributed by atoms with E-state index in [2.05, 4.69) is 0 Å². The second-order valence-electron chi connectivity index (χ2n) is 2.64. The Labute approximate surface area is 107 Å². The monoisotopic (exact) mass is 306 g/mol. The van der Waals surface area contributed by atoms with Crippen LogP contribution in [0.2, 0.25) is 0 Å². The smallest absolute Gasteiger partial charge is 0.759 e. The van der Waals surface area contributed by atoms with Gasteiger partial charge in [-0.3, -0.25) is 13.2 Å². The normalized spacial score (nSPS) is 11.8. The van der Waals surface area contributed by atoms with Gasteiger partial charge < -0.3 is 25.7 Å². The van der Waals surface area contributed by atoms with Gasteiger partial charge in [-0.15, -0.1) is 0 Å². The molecule has 0 aliphatic heterocycles. The number of carboxylic acid groups (broad SMARTS) is 1. The van der Waals surface area contributed by atoms with Gasteiger partial charge in [0, 0.05) is 10.4 Å². The third-order valence-electron chi connectivity index (χ3n) is 1.29. The number of aliphatic carboxylic acids is 1. The number of hydrogen-bond donors (Lipinski definition) is 3. The predicted molar refractivity (Wildman–Crippen MR) is 49.0 cm³/mol. The van der Waals surface area contributed by atoms with Crippen LogP contribution >= 0.6 is 0 Å². The largest absolute Gasteiger partial charge is 2.00 e. The maximum atomic E-state index is 10.1. The topological polar surface area (TPSA) is 170 Å². The summed E-state index contributed by atoms with van der Waals surface area (Å²) in [4.78, 5) is 10.1. The van der Waals surface area contributed by atoms with Crippen molar-refractivity contribution in [2.45, 2.75) is 25.3 Å². The molecular weight excluding hydrogens is 294 g/mol. The van der Waals surface area contributed by atoms with Gasteiger partial charge in [-0.1, -0.05) is 6.42 Å². The molecule has 0 fully saturated rings. The summed E-state index contributed by atoms with van der Waals surface area (Å²) in [7, 11) is -5.17. The van der Waals surface area contributed by atoms with Gasteiger partial charge in [0.2, 0.25) is 0 Å². The molecule has 0 heterocycles. The number of nitrogens with two attached hydrogens (primary N) is 2. The number of hydrogen-bond acceptors (Lipinski definition) is 7. The van der Waals surface area contributed by atoms with E-state index in [1.165, 1.54) is 0 Å². The Bertz CT molecular complexity index is 262. The fourth-order valence-corrected chi connectivity index (χ4v) is 0.632. The Balaban J connectivity index is -0.000000242. The van der Waals surface area contributed by atoms with Crippen molar-refractivity contribution in [1.29, 1.82) is 0 Å². The molecule has 0 rings (SSSR count). The quantitative estimate of drug-likeness (QED) is 0.231. The number of carboxylic acids is 1. The van der Waals surface area contributed by atoms with Gasteiger partial charge in [-0.05, 0) is 19.4 Å². The van der Waals surface area contributed by atoms with Gasteiger partial charge in [0.15, 0.2) is 0 Å². The molecule has 0 spiro atoms. The predicted octanol–water partition coefficient (Wildman–Crippen LogP) is -1.81. The van der Waals surface area contributed by atoms with Crippen molar-refractivity contribution in [3.63, 3.8) is 0 Å². The van der Waals surface area contributed by atoms with Gasteiger partial charge >= 0.3 is 25.4 Å². The molecule has 0 saturated carbocycles. The molecule has 10 heteroatoms. The van der Waals surface area contributed by atoms with E-state index in [0.717, 1.165) is 12.8 Å². The van der Waals surface area contributed by atoms with Crippen molar-refractivity contribution in [3.8, 4) is 0 Å². The van der Waals surface area contributed by atoms with E-state index < -0.39 is 22.4 Å². The molecule has 16 heavy (non-hydrogen) atoms. The van der Waals surface area contributed by atoms with Crippen LogP contribution in [-0.2, 0) is 34.7 Å². The van der Waals surface area contributed by atoms with Gasteiger partial charge in [-0.25, -0.2) is 0 Å². The van der Waals surface area contributed by atoms with Crippen LogP contribution in [0.1, 0.15) is 19.3 Å². The number of rotatable bonds is 5. The van der Waals surface area contributed by atoms with Crippen molar-refractivity contribution >= 4 is 16.4 Å². The van der Waals surface area contributed by atoms with Crippen molar-refractivity contribution in [3.05, 3.63) is 0 Å². The van der Waals surface area contributed by atoms with Crippen molar-refractivity contribution < 1.29 is 46.9 Å². The summed E-state index contributed by atoms with van der Waals surface area (Å²) in [6, 6.07) is -0.716. The van der Waals surface area contributed by atoms with Gasteiger partial charge in [0.1, 0.15) is 6.04 Å². The maximum Gasteiger partial charge on any atom is 2.00 e. The molecule has 8 nitrogen and oxygen atoms in total. The molecule has 0 saturated heterocycles. The SMILES string of the molecule is NCCCCC(N)C(=O)O.O=S(=O)([O-])[O-].[Zn+2]. The first kappa shape index (κ1) is 21.2. The molecule has 1 unspecified atom stereocenters. The summed E-state index contributed by atoms with van der Waals surface area (Å²) in [6.07, 6.45) is 2.16. The molecule has 0 aliphatic carbocycles. The average molecular weight is 308 g/mol. The molecule has 0 amide bonds. The second-order valence-corrected chi connectivity index (χ2v) is 3.45. The Morgan fingerprint density at radius 3 is 1.94 bits per heavy atom. The van der Waals surface area contributed by atoms with E-state index in [9.17, 15) is 4.79 Å². The fraction of sp³-hybridized carbons (Fsp3) is 0.833. The Hall–Kier alpha value is -0.117. The molecule has 0 radical (unpaired) electrons. The van der Waals surface area contributed by atoms with E-state index in [1.807, 2.05) is 0 Å². The minimum Gasteiger partial charge on any atom is -0.759 e. The zero-order valence-electron chi connectivity index (χ0n) is 8.66. The maximum absolute atomic E-state index is 10.1. The molecule has 0 aromatic rings. The Morgan fingerprint density at radius 1 is 1.31 bits per heavy atom. The van der Waals surface area contributed by atoms with Crippen molar-refractivity contribution in [2.75, 3.05) is 6.54 Å². The first-order valence-electron chi connectivity index (χ1n) is 4.03. The van der Waals surface area contributed by atoms with Crippen LogP contribution in [0.25, 0.3) is 0 Å². The van der Waals surface area contributed by atoms with E-state index in [-0.39, 0.29) is 19.5 Å². The third-order valence-corrected chi connectivity index (χ3v) is 1.29. The molecule has 5 N–H and O–H groups in total. The van der Waals surface area contributed by atoms with Crippen LogP contribution < -0.4 is 11.5 Å². The zero-order valence-corrected chi connectivity index (χ0v) is 12.4. The standard InChI is InChI=1S/C6H14N2O2.H2O4S.Zn/c7-4-2-1-3-5(8)6(9)10;1-5(2,3)4;/h5H,1-4,7-8H2,(H,9,10);(H2,1,2,3,4);/q;;+2/p-2. The minimum atomic E-state index is -5.17. The molecular formula is C6H14N2O6SZn. The number of carbonyl (C=O) groups is 1. The van der Waals surface area contributed by atoms with Crippen LogP contribution in [0, 0.1) is 0 Å². The van der Waals surface area contributed by atoms with Crippen LogP contribution in [-0.4, -0.2) is 41.2 Å². The summed E-state index contributed by atoms with van der Waals surface area (Å²) < 4.78 is 34.1. The van der Waals surface area contributed by atoms with Crippen LogP contribution in [0.15, 0.2) is 0 Å². The van der Waals surface area contributed by atoms with Gasteiger partial charge in [-0.2, -0.15) is 0 Å². The first-order chi connectivity index (χ1) is 6.68. The fourth-order valence-electron chi connectivity index (χ4n) is 0.632. The van der Waals surface area contributed by atoms with Crippen LogP contribution in [0.5, 0.6) is 0 Å². The van der Waals surface area contributed by atoms with Crippen LogP contribution in [0.4, 0.5) is 0 Å². The van der Waals surface area contributed by atoms with E-state index in [4.69, 9.17) is 34.1 Å². The minimum absolute atomic E-state index is 0. The summed E-state index contributed by atoms with van der Waals surface area (Å²) in [5.41, 5.74) is 10.4. The van der Waals surface area contributed by atoms with E-state index in [0.29, 0.717) is 13.0 Å². The Kier molecular flexibility index (Phi) is 15.1. The second kappa shape index (κ2) is 11.4. The van der Waals surface area contributed by atoms with Crippen molar-refractivity contribution in [1.82, 2.24) is 0 Å². The van der Waals surface area contributed by atoms with Gasteiger partial charge in [0.25, 0.3) is 0 Å². The number of unbranched alkanes of at least 4 members (excludes halogenated alkanes) is 1. The van der Waals surface area contributed by atoms with E-state index in [1.54, 1.807) is 0 Å². The average Bonchev–Trinajstić information content (AvgIpc) is 2.01. The summed E-state index contributed by atoms with van der Waals surface area (Å²) in [5, 5.41) is 8.33. The summed E-state index contributed by atoms with van der Waals surface area (Å²) in [6.45, 7) is 0.604. The molecule has 92 valence electrons. The molecule has 0 aromatic heterocycles. The molecule has 1 atom stereocenters. The molecule has 0 aliphatic rings. The zero-order chi connectivity index (χ0) is 12.5. The summed E-state index contributed by atoms with van der Waals surface area (Å²) in [5.74, 6) is -0.933. The third kappa shape index (κ3) is 29.2. The molecule has 0 aromatic carbocycles. The van der Waals surface area contributed by atoms with E-state index >= 15 is 0 Å². The summed E-state index contributed by atoms with van der Waals surface area (Å²) >= 11 is 0. The first-order valence-corrected chi connectivity index (χ1v) is 5.37. The van der Waals surface area contributed by atoms with Crippen molar-refractivity contribution in [2.24, 2.45) is 11.5 Å². The molecule has 0 bridgehead atoms. The Morgan fingerprint density at radius 2 is 1.69 bits per heavy atom. The van der Waals surface area contributed by atoms with Gasteiger partial charge in [0.05, 0.1) is 0 Å². The van der Waals surface area contributed by atoms with Crippen LogP contribution in [0.3, 0.4) is 0 Å².